The Kier molecular flexibility index (Phi) is 4.74. The van der Waals surface area contributed by atoms with Crippen LogP contribution in [0.1, 0.15) is 52.9 Å². The van der Waals surface area contributed by atoms with E-state index in [0.29, 0.717) is 23.7 Å². The van der Waals surface area contributed by atoms with Crippen molar-refractivity contribution >= 4 is 17.3 Å². The second-order valence-electron chi connectivity index (χ2n) is 6.50. The number of hydrogen-bond acceptors (Lipinski definition) is 3. The SMILES string of the molecule is CCCCn1ncc(NC2CCC(C)(C)C2)c(Cl)c1=O. The zero-order valence-corrected chi connectivity index (χ0v) is 13.3. The van der Waals surface area contributed by atoms with Crippen molar-refractivity contribution in [2.75, 3.05) is 5.32 Å². The fourth-order valence-corrected chi connectivity index (χ4v) is 3.01. The quantitative estimate of drug-likeness (QED) is 0.901. The number of nitrogens with one attached hydrogen (secondary N) is 1. The molecule has 1 saturated carbocycles. The average Bonchev–Trinajstić information content (AvgIpc) is 2.74. The van der Waals surface area contributed by atoms with Crippen LogP contribution in [-0.2, 0) is 6.54 Å². The van der Waals surface area contributed by atoms with E-state index in [1.807, 2.05) is 0 Å². The smallest absolute Gasteiger partial charge is 0.287 e. The molecule has 0 spiro atoms. The fraction of sp³-hybridized carbons (Fsp3) is 0.733. The molecule has 112 valence electrons. The topological polar surface area (TPSA) is 46.9 Å². The van der Waals surface area contributed by atoms with Crippen LogP contribution in [0.3, 0.4) is 0 Å². The highest BCUT2D eigenvalue weighted by Gasteiger charge is 2.31. The van der Waals surface area contributed by atoms with Crippen molar-refractivity contribution in [1.82, 2.24) is 9.78 Å². The van der Waals surface area contributed by atoms with Gasteiger partial charge in [0.25, 0.3) is 5.56 Å². The predicted molar refractivity (Wildman–Crippen MR) is 83.5 cm³/mol. The second-order valence-corrected chi connectivity index (χ2v) is 6.88. The predicted octanol–water partition coefficient (Wildman–Crippen LogP) is 3.69. The molecule has 1 aromatic rings. The van der Waals surface area contributed by atoms with Crippen molar-refractivity contribution in [2.45, 2.75) is 65.5 Å². The molecule has 0 amide bonds. The third-order valence-electron chi connectivity index (χ3n) is 4.04. The Hall–Kier alpha value is -1.03. The minimum atomic E-state index is -0.192. The van der Waals surface area contributed by atoms with Crippen LogP contribution in [0.5, 0.6) is 0 Å². The monoisotopic (exact) mass is 297 g/mol. The summed E-state index contributed by atoms with van der Waals surface area (Å²) >= 11 is 6.19. The fourth-order valence-electron chi connectivity index (χ4n) is 2.81. The van der Waals surface area contributed by atoms with Gasteiger partial charge in [0.2, 0.25) is 0 Å². The number of anilines is 1. The van der Waals surface area contributed by atoms with Gasteiger partial charge in [-0.05, 0) is 31.1 Å². The van der Waals surface area contributed by atoms with E-state index in [2.05, 4.69) is 31.2 Å². The van der Waals surface area contributed by atoms with E-state index in [-0.39, 0.29) is 10.6 Å². The van der Waals surface area contributed by atoms with Crippen LogP contribution in [0.2, 0.25) is 5.02 Å². The normalized spacial score (nSPS) is 21.1. The molecule has 1 aromatic heterocycles. The van der Waals surface area contributed by atoms with Gasteiger partial charge in [-0.3, -0.25) is 4.79 Å². The molecule has 1 heterocycles. The first-order chi connectivity index (χ1) is 9.43. The maximum atomic E-state index is 12.1. The number of aromatic nitrogens is 2. The summed E-state index contributed by atoms with van der Waals surface area (Å²) in [5.74, 6) is 0. The molecule has 0 aliphatic heterocycles. The van der Waals surface area contributed by atoms with Gasteiger partial charge < -0.3 is 5.32 Å². The number of hydrogen-bond donors (Lipinski definition) is 1. The van der Waals surface area contributed by atoms with Crippen molar-refractivity contribution in [3.8, 4) is 0 Å². The Bertz CT molecular complexity index is 524. The summed E-state index contributed by atoms with van der Waals surface area (Å²) in [6, 6.07) is 0.384. The molecule has 0 saturated heterocycles. The first kappa shape index (κ1) is 15.4. The largest absolute Gasteiger partial charge is 0.380 e. The van der Waals surface area contributed by atoms with Gasteiger partial charge in [-0.25, -0.2) is 4.68 Å². The maximum Gasteiger partial charge on any atom is 0.287 e. The highest BCUT2D eigenvalue weighted by Crippen LogP contribution is 2.38. The van der Waals surface area contributed by atoms with Crippen LogP contribution in [0, 0.1) is 5.41 Å². The van der Waals surface area contributed by atoms with Crippen LogP contribution in [0.4, 0.5) is 5.69 Å². The van der Waals surface area contributed by atoms with E-state index in [1.54, 1.807) is 6.20 Å². The van der Waals surface area contributed by atoms with Gasteiger partial charge in [0.1, 0.15) is 5.02 Å². The first-order valence-electron chi connectivity index (χ1n) is 7.45. The Labute approximate surface area is 125 Å². The van der Waals surface area contributed by atoms with Crippen molar-refractivity contribution in [3.05, 3.63) is 21.6 Å². The summed E-state index contributed by atoms with van der Waals surface area (Å²) < 4.78 is 1.45. The van der Waals surface area contributed by atoms with E-state index in [9.17, 15) is 4.79 Å². The molecule has 1 atom stereocenters. The lowest BCUT2D eigenvalue weighted by Crippen LogP contribution is -2.26. The lowest BCUT2D eigenvalue weighted by atomic mass is 9.92. The Morgan fingerprint density at radius 1 is 1.55 bits per heavy atom. The molecule has 4 nitrogen and oxygen atoms in total. The molecule has 1 aliphatic rings. The molecule has 0 radical (unpaired) electrons. The summed E-state index contributed by atoms with van der Waals surface area (Å²) in [6.07, 6.45) is 7.06. The highest BCUT2D eigenvalue weighted by molar-refractivity contribution is 6.32. The number of nitrogens with zero attached hydrogens (tertiary/aromatic N) is 2. The molecule has 20 heavy (non-hydrogen) atoms. The molecule has 0 bridgehead atoms. The molecular weight excluding hydrogens is 274 g/mol. The number of aryl methyl sites for hydroxylation is 1. The second kappa shape index (κ2) is 6.17. The van der Waals surface area contributed by atoms with Gasteiger partial charge in [-0.2, -0.15) is 5.10 Å². The van der Waals surface area contributed by atoms with Gasteiger partial charge in [0.15, 0.2) is 0 Å². The lowest BCUT2D eigenvalue weighted by Gasteiger charge is -2.19. The van der Waals surface area contributed by atoms with E-state index in [0.717, 1.165) is 25.7 Å². The maximum absolute atomic E-state index is 12.1. The molecular formula is C15H24ClN3O. The Morgan fingerprint density at radius 2 is 2.30 bits per heavy atom. The zero-order chi connectivity index (χ0) is 14.8. The summed E-state index contributed by atoms with van der Waals surface area (Å²) in [4.78, 5) is 12.1. The number of halogens is 1. The van der Waals surface area contributed by atoms with Crippen LogP contribution < -0.4 is 10.9 Å². The molecule has 1 fully saturated rings. The molecule has 0 aromatic carbocycles. The molecule has 1 aliphatic carbocycles. The summed E-state index contributed by atoms with van der Waals surface area (Å²) in [6.45, 7) is 7.27. The standard InChI is InChI=1S/C15H24ClN3O/c1-4-5-8-19-14(20)13(16)12(10-17-19)18-11-6-7-15(2,3)9-11/h10-11,18H,4-9H2,1-3H3. The summed E-state index contributed by atoms with van der Waals surface area (Å²) in [5, 5.41) is 7.86. The first-order valence-corrected chi connectivity index (χ1v) is 7.83. The lowest BCUT2D eigenvalue weighted by molar-refractivity contribution is 0.378. The third-order valence-corrected chi connectivity index (χ3v) is 4.40. The Morgan fingerprint density at radius 3 is 2.90 bits per heavy atom. The third kappa shape index (κ3) is 3.54. The van der Waals surface area contributed by atoms with E-state index < -0.39 is 0 Å². The number of unbranched alkanes of at least 4 members (excludes halogenated alkanes) is 1. The minimum Gasteiger partial charge on any atom is -0.380 e. The van der Waals surface area contributed by atoms with Crippen molar-refractivity contribution < 1.29 is 0 Å². The van der Waals surface area contributed by atoms with Gasteiger partial charge in [-0.15, -0.1) is 0 Å². The number of rotatable bonds is 5. The van der Waals surface area contributed by atoms with E-state index >= 15 is 0 Å². The van der Waals surface area contributed by atoms with Crippen LogP contribution in [-0.4, -0.2) is 15.8 Å². The minimum absolute atomic E-state index is 0.192. The molecule has 2 rings (SSSR count). The van der Waals surface area contributed by atoms with Crippen LogP contribution >= 0.6 is 11.6 Å². The highest BCUT2D eigenvalue weighted by atomic mass is 35.5. The zero-order valence-electron chi connectivity index (χ0n) is 12.6. The van der Waals surface area contributed by atoms with Crippen molar-refractivity contribution in [1.29, 1.82) is 0 Å². The molecule has 5 heteroatoms. The summed E-state index contributed by atoms with van der Waals surface area (Å²) in [5.41, 5.74) is 0.850. The van der Waals surface area contributed by atoms with Crippen molar-refractivity contribution in [3.63, 3.8) is 0 Å². The van der Waals surface area contributed by atoms with Crippen LogP contribution in [0.15, 0.2) is 11.0 Å². The van der Waals surface area contributed by atoms with Gasteiger partial charge in [-0.1, -0.05) is 38.8 Å². The van der Waals surface area contributed by atoms with Crippen LogP contribution in [0.25, 0.3) is 0 Å². The van der Waals surface area contributed by atoms with Crippen molar-refractivity contribution in [2.24, 2.45) is 5.41 Å². The average molecular weight is 298 g/mol. The van der Waals surface area contributed by atoms with Gasteiger partial charge >= 0.3 is 0 Å². The van der Waals surface area contributed by atoms with Gasteiger partial charge in [0, 0.05) is 12.6 Å². The molecule has 1 unspecified atom stereocenters. The molecule has 1 N–H and O–H groups in total. The Balaban J connectivity index is 2.10. The van der Waals surface area contributed by atoms with Gasteiger partial charge in [0.05, 0.1) is 11.9 Å². The summed E-state index contributed by atoms with van der Waals surface area (Å²) in [7, 11) is 0. The van der Waals surface area contributed by atoms with E-state index in [1.165, 1.54) is 11.1 Å². The van der Waals surface area contributed by atoms with E-state index in [4.69, 9.17) is 11.6 Å².